The van der Waals surface area contributed by atoms with Crippen LogP contribution < -0.4 is 5.73 Å². The molecule has 7 heteroatoms. The molecule has 3 N–H and O–H groups in total. The normalized spacial score (nSPS) is 10.3. The molecule has 0 spiro atoms. The van der Waals surface area contributed by atoms with Crippen molar-refractivity contribution in [1.82, 2.24) is 9.97 Å². The summed E-state index contributed by atoms with van der Waals surface area (Å²) in [5.41, 5.74) is 5.90. The van der Waals surface area contributed by atoms with E-state index in [4.69, 9.17) is 22.7 Å². The molecule has 0 aromatic carbocycles. The van der Waals surface area contributed by atoms with Gasteiger partial charge in [0.25, 0.3) is 0 Å². The van der Waals surface area contributed by atoms with Gasteiger partial charge in [-0.15, -0.1) is 11.3 Å². The molecule has 0 radical (unpaired) electrons. The molecule has 0 bridgehead atoms. The lowest BCUT2D eigenvalue weighted by molar-refractivity contribution is 1.12. The Bertz CT molecular complexity index is 512. The molecule has 2 aromatic rings. The van der Waals surface area contributed by atoms with Crippen molar-refractivity contribution < 1.29 is 0 Å². The van der Waals surface area contributed by atoms with Gasteiger partial charge in [-0.25, -0.2) is 9.97 Å². The molecule has 0 aliphatic rings. The second-order valence-electron chi connectivity index (χ2n) is 2.79. The highest BCUT2D eigenvalue weighted by molar-refractivity contribution is 8.01. The summed E-state index contributed by atoms with van der Waals surface area (Å²) in [5, 5.41) is 10.3. The lowest BCUT2D eigenvalue weighted by Gasteiger charge is -2.05. The summed E-state index contributed by atoms with van der Waals surface area (Å²) in [6, 6.07) is 1.62. The van der Waals surface area contributed by atoms with Crippen molar-refractivity contribution >= 4 is 40.5 Å². The van der Waals surface area contributed by atoms with Gasteiger partial charge >= 0.3 is 0 Å². The van der Waals surface area contributed by atoms with Gasteiger partial charge in [0.1, 0.15) is 10.9 Å². The molecule has 0 saturated heterocycles. The quantitative estimate of drug-likeness (QED) is 0.664. The Balaban J connectivity index is 2.35. The van der Waals surface area contributed by atoms with Crippen LogP contribution in [0.5, 0.6) is 0 Å². The maximum Gasteiger partial charge on any atom is 0.156 e. The van der Waals surface area contributed by atoms with Crippen molar-refractivity contribution in [2.75, 3.05) is 0 Å². The minimum absolute atomic E-state index is 0.0617. The minimum Gasteiger partial charge on any atom is -0.384 e. The summed E-state index contributed by atoms with van der Waals surface area (Å²) in [5.74, 6) is -0.0617. The molecule has 82 valence electrons. The summed E-state index contributed by atoms with van der Waals surface area (Å²) in [6.45, 7) is 0. The van der Waals surface area contributed by atoms with Crippen molar-refractivity contribution in [1.29, 1.82) is 5.41 Å². The number of nitrogens with two attached hydrogens (primary N) is 1. The number of rotatable bonds is 3. The third-order valence-corrected chi connectivity index (χ3v) is 4.12. The number of nitrogens with zero attached hydrogens (tertiary/aromatic N) is 2. The van der Waals surface area contributed by atoms with Crippen LogP contribution in [0.3, 0.4) is 0 Å². The van der Waals surface area contributed by atoms with Crippen molar-refractivity contribution in [3.8, 4) is 0 Å². The fraction of sp³-hybridized carbons (Fsp3) is 0. The summed E-state index contributed by atoms with van der Waals surface area (Å²) in [4.78, 5) is 8.27. The lowest BCUT2D eigenvalue weighted by atomic mass is 10.2. The number of aromatic nitrogens is 2. The van der Waals surface area contributed by atoms with Crippen LogP contribution in [0.25, 0.3) is 0 Å². The highest BCUT2D eigenvalue weighted by atomic mass is 35.5. The zero-order valence-electron chi connectivity index (χ0n) is 7.98. The minimum atomic E-state index is -0.0617. The molecule has 0 aliphatic carbocycles. The molecule has 0 unspecified atom stereocenters. The fourth-order valence-electron chi connectivity index (χ4n) is 1.05. The second kappa shape index (κ2) is 4.82. The molecule has 2 rings (SSSR count). The zero-order valence-corrected chi connectivity index (χ0v) is 10.4. The molecule has 0 amide bonds. The largest absolute Gasteiger partial charge is 0.384 e. The molecule has 2 aromatic heterocycles. The number of hydrogen-bond acceptors (Lipinski definition) is 5. The maximum absolute atomic E-state index is 7.37. The molecule has 0 fully saturated rings. The summed E-state index contributed by atoms with van der Waals surface area (Å²) in [7, 11) is 0. The van der Waals surface area contributed by atoms with Gasteiger partial charge < -0.3 is 5.73 Å². The first-order chi connectivity index (χ1) is 7.68. The Kier molecular flexibility index (Phi) is 3.42. The highest BCUT2D eigenvalue weighted by Gasteiger charge is 2.11. The molecule has 2 heterocycles. The first-order valence-corrected chi connectivity index (χ1v) is 6.32. The van der Waals surface area contributed by atoms with E-state index in [1.54, 1.807) is 18.5 Å². The van der Waals surface area contributed by atoms with Gasteiger partial charge in [0.05, 0.1) is 5.02 Å². The van der Waals surface area contributed by atoms with Crippen LogP contribution in [0.4, 0.5) is 0 Å². The Labute approximate surface area is 105 Å². The van der Waals surface area contributed by atoms with Gasteiger partial charge in [0.2, 0.25) is 0 Å². The van der Waals surface area contributed by atoms with Crippen LogP contribution in [-0.2, 0) is 0 Å². The average Bonchev–Trinajstić information content (AvgIpc) is 2.73. The van der Waals surface area contributed by atoms with Gasteiger partial charge in [-0.05, 0) is 17.8 Å². The number of nitrogens with one attached hydrogen (secondary N) is 1. The average molecular weight is 271 g/mol. The van der Waals surface area contributed by atoms with Gasteiger partial charge in [0, 0.05) is 23.3 Å². The molecule has 16 heavy (non-hydrogen) atoms. The van der Waals surface area contributed by atoms with E-state index in [9.17, 15) is 0 Å². The number of hydrogen-bond donors (Lipinski definition) is 2. The first kappa shape index (κ1) is 11.4. The van der Waals surface area contributed by atoms with E-state index in [1.165, 1.54) is 23.1 Å². The number of amidine groups is 1. The maximum atomic E-state index is 7.37. The summed E-state index contributed by atoms with van der Waals surface area (Å²) < 4.78 is 0.857. The van der Waals surface area contributed by atoms with Crippen LogP contribution in [0.1, 0.15) is 5.56 Å². The summed E-state index contributed by atoms with van der Waals surface area (Å²) in [6.07, 6.45) is 3.30. The number of thiazole rings is 1. The van der Waals surface area contributed by atoms with Gasteiger partial charge in [-0.3, -0.25) is 5.41 Å². The Morgan fingerprint density at radius 1 is 1.44 bits per heavy atom. The van der Waals surface area contributed by atoms with E-state index < -0.39 is 0 Å². The Hall–Kier alpha value is -1.11. The van der Waals surface area contributed by atoms with Crippen LogP contribution >= 0.6 is 34.7 Å². The van der Waals surface area contributed by atoms with Crippen LogP contribution in [0.2, 0.25) is 5.02 Å². The van der Waals surface area contributed by atoms with Crippen molar-refractivity contribution in [2.45, 2.75) is 9.37 Å². The highest BCUT2D eigenvalue weighted by Crippen LogP contribution is 2.33. The molecule has 4 nitrogen and oxygen atoms in total. The van der Waals surface area contributed by atoms with Gasteiger partial charge in [0.15, 0.2) is 4.34 Å². The van der Waals surface area contributed by atoms with Crippen molar-refractivity contribution in [3.63, 3.8) is 0 Å². The fourth-order valence-corrected chi connectivity index (χ4v) is 2.92. The number of halogens is 1. The monoisotopic (exact) mass is 270 g/mol. The summed E-state index contributed by atoms with van der Waals surface area (Å²) >= 11 is 8.97. The van der Waals surface area contributed by atoms with Crippen molar-refractivity contribution in [3.05, 3.63) is 34.4 Å². The zero-order chi connectivity index (χ0) is 11.5. The smallest absolute Gasteiger partial charge is 0.156 e. The van der Waals surface area contributed by atoms with Gasteiger partial charge in [-0.2, -0.15) is 0 Å². The van der Waals surface area contributed by atoms with E-state index in [1.807, 2.05) is 5.38 Å². The molecular weight excluding hydrogens is 264 g/mol. The van der Waals surface area contributed by atoms with Crippen LogP contribution in [0, 0.1) is 5.41 Å². The van der Waals surface area contributed by atoms with Crippen LogP contribution in [0.15, 0.2) is 33.2 Å². The topological polar surface area (TPSA) is 75.7 Å². The predicted molar refractivity (Wildman–Crippen MR) is 66.5 cm³/mol. The standard InChI is InChI=1S/C9H7ClN4S2/c10-6-5(7(11)12)1-2-13-8(6)16-9-14-3-4-15-9/h1-4H,(H3,11,12). The number of pyridine rings is 1. The van der Waals surface area contributed by atoms with E-state index in [-0.39, 0.29) is 5.84 Å². The van der Waals surface area contributed by atoms with Gasteiger partial charge in [-0.1, -0.05) is 11.6 Å². The van der Waals surface area contributed by atoms with E-state index in [0.29, 0.717) is 15.6 Å². The molecule has 0 aliphatic heterocycles. The van der Waals surface area contributed by atoms with Crippen molar-refractivity contribution in [2.24, 2.45) is 5.73 Å². The number of nitrogen functional groups attached to an aromatic ring is 1. The van der Waals surface area contributed by atoms with E-state index in [2.05, 4.69) is 9.97 Å². The molecule has 0 atom stereocenters. The molecular formula is C9H7ClN4S2. The predicted octanol–water partition coefficient (Wildman–Crippen LogP) is 2.63. The van der Waals surface area contributed by atoms with E-state index in [0.717, 1.165) is 4.34 Å². The first-order valence-electron chi connectivity index (χ1n) is 4.24. The lowest BCUT2D eigenvalue weighted by Crippen LogP contribution is -2.12. The SMILES string of the molecule is N=C(N)c1ccnc(Sc2nccs2)c1Cl. The second-order valence-corrected chi connectivity index (χ2v) is 5.30. The van der Waals surface area contributed by atoms with E-state index >= 15 is 0 Å². The Morgan fingerprint density at radius 2 is 2.25 bits per heavy atom. The van der Waals surface area contributed by atoms with Crippen LogP contribution in [-0.4, -0.2) is 15.8 Å². The molecule has 0 saturated carbocycles. The Morgan fingerprint density at radius 3 is 2.88 bits per heavy atom. The third kappa shape index (κ3) is 2.34. The third-order valence-electron chi connectivity index (χ3n) is 1.74.